The largest absolute Gasteiger partial charge is 0.454 e. The first kappa shape index (κ1) is 14.7. The van der Waals surface area contributed by atoms with E-state index in [0.29, 0.717) is 10.0 Å². The SMILES string of the molecule is CC(=O)c1cc(F)c(C)cc1Oc1ccc(Br)cc1F. The van der Waals surface area contributed by atoms with Crippen molar-refractivity contribution >= 4 is 21.7 Å². The van der Waals surface area contributed by atoms with Crippen molar-refractivity contribution in [3.8, 4) is 11.5 Å². The Bertz CT molecular complexity index is 684. The molecule has 2 nitrogen and oxygen atoms in total. The third kappa shape index (κ3) is 3.04. The molecule has 0 aromatic heterocycles. The van der Waals surface area contributed by atoms with Crippen molar-refractivity contribution in [2.45, 2.75) is 13.8 Å². The number of aryl methyl sites for hydroxylation is 1. The van der Waals surface area contributed by atoms with Gasteiger partial charge in [0.05, 0.1) is 5.56 Å². The first-order valence-electron chi connectivity index (χ1n) is 5.82. The Morgan fingerprint density at radius 1 is 1.10 bits per heavy atom. The van der Waals surface area contributed by atoms with Crippen LogP contribution in [0.5, 0.6) is 11.5 Å². The van der Waals surface area contributed by atoms with E-state index in [1.54, 1.807) is 13.0 Å². The molecule has 0 N–H and O–H groups in total. The lowest BCUT2D eigenvalue weighted by Crippen LogP contribution is -2.00. The molecule has 2 aromatic carbocycles. The fourth-order valence-electron chi connectivity index (χ4n) is 1.69. The van der Waals surface area contributed by atoms with Crippen molar-refractivity contribution in [3.63, 3.8) is 0 Å². The number of benzene rings is 2. The Balaban J connectivity index is 2.47. The zero-order chi connectivity index (χ0) is 14.9. The van der Waals surface area contributed by atoms with Crippen molar-refractivity contribution < 1.29 is 18.3 Å². The van der Waals surface area contributed by atoms with Crippen molar-refractivity contribution in [2.75, 3.05) is 0 Å². The monoisotopic (exact) mass is 340 g/mol. The van der Waals surface area contributed by atoms with Crippen LogP contribution in [-0.4, -0.2) is 5.78 Å². The summed E-state index contributed by atoms with van der Waals surface area (Å²) in [5, 5.41) is 0. The molecule has 2 aromatic rings. The van der Waals surface area contributed by atoms with Crippen LogP contribution >= 0.6 is 15.9 Å². The van der Waals surface area contributed by atoms with Crippen LogP contribution in [0.2, 0.25) is 0 Å². The standard InChI is InChI=1S/C15H11BrF2O2/c1-8-5-15(11(9(2)19)7-12(8)17)20-14-4-3-10(16)6-13(14)18/h3-7H,1-2H3. The molecular formula is C15H11BrF2O2. The van der Waals surface area contributed by atoms with Gasteiger partial charge < -0.3 is 4.74 Å². The van der Waals surface area contributed by atoms with E-state index in [-0.39, 0.29) is 22.8 Å². The fraction of sp³-hybridized carbons (Fsp3) is 0.133. The number of Topliss-reactive ketones (excluding diaryl/α,β-unsaturated/α-hetero) is 1. The molecule has 0 aliphatic rings. The van der Waals surface area contributed by atoms with Crippen LogP contribution in [0.4, 0.5) is 8.78 Å². The molecule has 0 fully saturated rings. The predicted octanol–water partition coefficient (Wildman–Crippen LogP) is 5.03. The average molecular weight is 341 g/mol. The molecule has 0 aliphatic heterocycles. The Morgan fingerprint density at radius 3 is 2.40 bits per heavy atom. The van der Waals surface area contributed by atoms with Crippen LogP contribution in [0.15, 0.2) is 34.8 Å². The molecule has 0 heterocycles. The van der Waals surface area contributed by atoms with E-state index < -0.39 is 11.6 Å². The summed E-state index contributed by atoms with van der Waals surface area (Å²) in [7, 11) is 0. The number of halogens is 3. The van der Waals surface area contributed by atoms with Crippen molar-refractivity contribution in [3.05, 3.63) is 57.6 Å². The van der Waals surface area contributed by atoms with E-state index in [4.69, 9.17) is 4.74 Å². The van der Waals surface area contributed by atoms with Gasteiger partial charge in [0.15, 0.2) is 17.3 Å². The number of ether oxygens (including phenoxy) is 1. The second-order valence-corrected chi connectivity index (χ2v) is 5.25. The quantitative estimate of drug-likeness (QED) is 0.732. The number of carbonyl (C=O) groups excluding carboxylic acids is 1. The summed E-state index contributed by atoms with van der Waals surface area (Å²) < 4.78 is 33.2. The van der Waals surface area contributed by atoms with Crippen LogP contribution in [0.25, 0.3) is 0 Å². The van der Waals surface area contributed by atoms with Crippen LogP contribution in [0, 0.1) is 18.6 Å². The number of ketones is 1. The van der Waals surface area contributed by atoms with E-state index in [1.807, 2.05) is 0 Å². The topological polar surface area (TPSA) is 26.3 Å². The maximum atomic E-state index is 13.7. The van der Waals surface area contributed by atoms with Gasteiger partial charge in [-0.2, -0.15) is 0 Å². The molecule has 0 bridgehead atoms. The lowest BCUT2D eigenvalue weighted by atomic mass is 10.1. The Hall–Kier alpha value is -1.75. The van der Waals surface area contributed by atoms with Gasteiger partial charge in [-0.15, -0.1) is 0 Å². The fourth-order valence-corrected chi connectivity index (χ4v) is 2.02. The van der Waals surface area contributed by atoms with Gasteiger partial charge >= 0.3 is 0 Å². The van der Waals surface area contributed by atoms with Gasteiger partial charge in [-0.25, -0.2) is 8.78 Å². The zero-order valence-corrected chi connectivity index (χ0v) is 12.4. The number of hydrogen-bond acceptors (Lipinski definition) is 2. The molecule has 0 atom stereocenters. The summed E-state index contributed by atoms with van der Waals surface area (Å²) in [5.41, 5.74) is 0.401. The minimum Gasteiger partial charge on any atom is -0.454 e. The average Bonchev–Trinajstić information content (AvgIpc) is 2.36. The van der Waals surface area contributed by atoms with E-state index in [9.17, 15) is 13.6 Å². The van der Waals surface area contributed by atoms with Crippen molar-refractivity contribution in [1.29, 1.82) is 0 Å². The van der Waals surface area contributed by atoms with Gasteiger partial charge in [-0.1, -0.05) is 15.9 Å². The maximum absolute atomic E-state index is 13.7. The molecule has 0 unspecified atom stereocenters. The molecule has 5 heteroatoms. The molecular weight excluding hydrogens is 330 g/mol. The van der Waals surface area contributed by atoms with Gasteiger partial charge in [0.25, 0.3) is 0 Å². The highest BCUT2D eigenvalue weighted by molar-refractivity contribution is 9.10. The van der Waals surface area contributed by atoms with Gasteiger partial charge in [-0.05, 0) is 49.7 Å². The molecule has 2 rings (SSSR count). The summed E-state index contributed by atoms with van der Waals surface area (Å²) >= 11 is 3.14. The molecule has 0 saturated heterocycles. The molecule has 0 amide bonds. The second kappa shape index (κ2) is 5.71. The van der Waals surface area contributed by atoms with Gasteiger partial charge in [0, 0.05) is 4.47 Å². The second-order valence-electron chi connectivity index (χ2n) is 4.33. The Labute approximate surface area is 123 Å². The summed E-state index contributed by atoms with van der Waals surface area (Å²) in [6.45, 7) is 2.85. The third-order valence-corrected chi connectivity index (χ3v) is 3.25. The number of carbonyl (C=O) groups is 1. The van der Waals surface area contributed by atoms with Crippen molar-refractivity contribution in [1.82, 2.24) is 0 Å². The van der Waals surface area contributed by atoms with E-state index >= 15 is 0 Å². The zero-order valence-electron chi connectivity index (χ0n) is 10.8. The van der Waals surface area contributed by atoms with E-state index in [2.05, 4.69) is 15.9 Å². The minimum atomic E-state index is -0.573. The van der Waals surface area contributed by atoms with Crippen LogP contribution in [0.3, 0.4) is 0 Å². The molecule has 0 spiro atoms. The molecule has 104 valence electrons. The minimum absolute atomic E-state index is 0.0262. The summed E-state index contributed by atoms with van der Waals surface area (Å²) in [6, 6.07) is 6.78. The highest BCUT2D eigenvalue weighted by Gasteiger charge is 2.15. The highest BCUT2D eigenvalue weighted by Crippen LogP contribution is 2.31. The first-order valence-corrected chi connectivity index (χ1v) is 6.62. The Kier molecular flexibility index (Phi) is 4.18. The van der Waals surface area contributed by atoms with Gasteiger partial charge in [0.2, 0.25) is 0 Å². The Morgan fingerprint density at radius 2 is 1.80 bits per heavy atom. The maximum Gasteiger partial charge on any atom is 0.166 e. The smallest absolute Gasteiger partial charge is 0.166 e. The summed E-state index contributed by atoms with van der Waals surface area (Å²) in [6.07, 6.45) is 0. The van der Waals surface area contributed by atoms with Crippen LogP contribution < -0.4 is 4.74 Å². The molecule has 0 saturated carbocycles. The molecule has 0 radical (unpaired) electrons. The lowest BCUT2D eigenvalue weighted by molar-refractivity contribution is 0.101. The number of rotatable bonds is 3. The van der Waals surface area contributed by atoms with Gasteiger partial charge in [0.1, 0.15) is 11.6 Å². The summed E-state index contributed by atoms with van der Waals surface area (Å²) in [4.78, 5) is 11.5. The lowest BCUT2D eigenvalue weighted by Gasteiger charge is -2.12. The summed E-state index contributed by atoms with van der Waals surface area (Å²) in [5.74, 6) is -1.31. The highest BCUT2D eigenvalue weighted by atomic mass is 79.9. The van der Waals surface area contributed by atoms with Crippen molar-refractivity contribution in [2.24, 2.45) is 0 Å². The van der Waals surface area contributed by atoms with Gasteiger partial charge in [-0.3, -0.25) is 4.79 Å². The number of hydrogen-bond donors (Lipinski definition) is 0. The van der Waals surface area contributed by atoms with E-state index in [1.165, 1.54) is 25.1 Å². The molecule has 20 heavy (non-hydrogen) atoms. The third-order valence-electron chi connectivity index (χ3n) is 2.75. The van der Waals surface area contributed by atoms with E-state index in [0.717, 1.165) is 6.07 Å². The van der Waals surface area contributed by atoms with Crippen LogP contribution in [0.1, 0.15) is 22.8 Å². The van der Waals surface area contributed by atoms with Crippen LogP contribution in [-0.2, 0) is 0 Å². The molecule has 0 aliphatic carbocycles. The normalized spacial score (nSPS) is 10.4. The first-order chi connectivity index (χ1) is 9.38. The predicted molar refractivity (Wildman–Crippen MR) is 75.3 cm³/mol.